The van der Waals surface area contributed by atoms with Gasteiger partial charge in [0.1, 0.15) is 6.54 Å². The molecule has 31 heavy (non-hydrogen) atoms. The van der Waals surface area contributed by atoms with Crippen LogP contribution in [0, 0.1) is 0 Å². The van der Waals surface area contributed by atoms with Crippen molar-refractivity contribution in [2.75, 3.05) is 31.1 Å². The number of nitrogens with one attached hydrogen (secondary N) is 2. The van der Waals surface area contributed by atoms with Gasteiger partial charge in [0.15, 0.2) is 0 Å². The van der Waals surface area contributed by atoms with Gasteiger partial charge in [0.2, 0.25) is 21.8 Å². The third-order valence-electron chi connectivity index (χ3n) is 4.76. The Bertz CT molecular complexity index is 993. The highest BCUT2D eigenvalue weighted by molar-refractivity contribution is 7.89. The van der Waals surface area contributed by atoms with E-state index < -0.39 is 22.5 Å². The smallest absolute Gasteiger partial charge is 0.242 e. The van der Waals surface area contributed by atoms with Crippen LogP contribution >= 0.6 is 11.6 Å². The number of anilines is 1. The van der Waals surface area contributed by atoms with Gasteiger partial charge in [-0.3, -0.25) is 9.59 Å². The second-order valence-corrected chi connectivity index (χ2v) is 9.24. The van der Waals surface area contributed by atoms with Crippen molar-refractivity contribution in [1.29, 1.82) is 0 Å². The van der Waals surface area contributed by atoms with Crippen LogP contribution < -0.4 is 14.9 Å². The van der Waals surface area contributed by atoms with Crippen LogP contribution in [0.15, 0.2) is 59.5 Å². The molecule has 3 rings (SSSR count). The molecule has 0 unspecified atom stereocenters. The fraction of sp³-hybridized carbons (Fsp3) is 0.333. The second-order valence-electron chi connectivity index (χ2n) is 7.03. The van der Waals surface area contributed by atoms with Crippen LogP contribution in [-0.2, 0) is 24.3 Å². The SMILES string of the molecule is O=C(CN(C(=O)CNS(=O)(=O)c1ccccc1)c1ccc(Cl)cc1)NC[C@@H]1CCCO1. The minimum atomic E-state index is -3.86. The van der Waals surface area contributed by atoms with Gasteiger partial charge in [-0.2, -0.15) is 0 Å². The number of carbonyl (C=O) groups excluding carboxylic acids is 2. The van der Waals surface area contributed by atoms with E-state index in [1.165, 1.54) is 17.0 Å². The van der Waals surface area contributed by atoms with Gasteiger partial charge < -0.3 is 15.0 Å². The molecule has 0 radical (unpaired) electrons. The lowest BCUT2D eigenvalue weighted by molar-refractivity contribution is -0.123. The zero-order valence-corrected chi connectivity index (χ0v) is 18.4. The van der Waals surface area contributed by atoms with Crippen LogP contribution in [0.4, 0.5) is 5.69 Å². The summed E-state index contributed by atoms with van der Waals surface area (Å²) >= 11 is 5.92. The average Bonchev–Trinajstić information content (AvgIpc) is 3.29. The van der Waals surface area contributed by atoms with E-state index in [1.54, 1.807) is 42.5 Å². The Morgan fingerprint density at radius 1 is 1.10 bits per heavy atom. The minimum absolute atomic E-state index is 0.0266. The Labute approximate surface area is 186 Å². The first-order valence-corrected chi connectivity index (χ1v) is 11.7. The second kappa shape index (κ2) is 10.7. The summed E-state index contributed by atoms with van der Waals surface area (Å²) in [4.78, 5) is 26.6. The molecule has 0 aromatic heterocycles. The van der Waals surface area contributed by atoms with E-state index in [-0.39, 0.29) is 23.5 Å². The largest absolute Gasteiger partial charge is 0.376 e. The molecular formula is C21H24ClN3O5S. The van der Waals surface area contributed by atoms with E-state index >= 15 is 0 Å². The molecule has 0 saturated carbocycles. The number of amides is 2. The van der Waals surface area contributed by atoms with Crippen molar-refractivity contribution < 1.29 is 22.7 Å². The van der Waals surface area contributed by atoms with E-state index in [1.807, 2.05) is 0 Å². The van der Waals surface area contributed by atoms with Crippen LogP contribution in [0.25, 0.3) is 0 Å². The highest BCUT2D eigenvalue weighted by Crippen LogP contribution is 2.18. The summed E-state index contributed by atoms with van der Waals surface area (Å²) in [7, 11) is -3.86. The van der Waals surface area contributed by atoms with Gasteiger partial charge >= 0.3 is 0 Å². The van der Waals surface area contributed by atoms with Gasteiger partial charge in [-0.15, -0.1) is 0 Å². The number of ether oxygens (including phenoxy) is 1. The van der Waals surface area contributed by atoms with Gasteiger partial charge in [-0.25, -0.2) is 13.1 Å². The number of sulfonamides is 1. The van der Waals surface area contributed by atoms with Crippen LogP contribution in [0.5, 0.6) is 0 Å². The molecule has 1 heterocycles. The van der Waals surface area contributed by atoms with Gasteiger partial charge in [0.05, 0.1) is 17.5 Å². The molecule has 1 atom stereocenters. The van der Waals surface area contributed by atoms with E-state index in [0.717, 1.165) is 12.8 Å². The molecule has 2 N–H and O–H groups in total. The van der Waals surface area contributed by atoms with E-state index in [9.17, 15) is 18.0 Å². The number of halogens is 1. The summed E-state index contributed by atoms with van der Waals surface area (Å²) < 4.78 is 32.6. The number of hydrogen-bond acceptors (Lipinski definition) is 5. The molecule has 10 heteroatoms. The van der Waals surface area contributed by atoms with Gasteiger partial charge in [-0.1, -0.05) is 29.8 Å². The minimum Gasteiger partial charge on any atom is -0.376 e. The summed E-state index contributed by atoms with van der Waals surface area (Å²) in [6, 6.07) is 14.1. The standard InChI is InChI=1S/C21H24ClN3O5S/c22-16-8-10-17(11-9-16)25(15-20(26)23-13-18-5-4-12-30-18)21(27)14-24-31(28,29)19-6-2-1-3-7-19/h1-3,6-11,18,24H,4-5,12-15H2,(H,23,26)/t18-/m0/s1. The number of carbonyl (C=O) groups is 2. The zero-order valence-electron chi connectivity index (χ0n) is 16.8. The Hall–Kier alpha value is -2.46. The first-order chi connectivity index (χ1) is 14.8. The zero-order chi connectivity index (χ0) is 22.3. The van der Waals surface area contributed by atoms with Crippen molar-refractivity contribution in [3.05, 3.63) is 59.6 Å². The highest BCUT2D eigenvalue weighted by atomic mass is 35.5. The van der Waals surface area contributed by atoms with Crippen molar-refractivity contribution in [2.45, 2.75) is 23.8 Å². The van der Waals surface area contributed by atoms with Gasteiger partial charge in [0, 0.05) is 23.9 Å². The molecular weight excluding hydrogens is 442 g/mol. The van der Waals surface area contributed by atoms with Crippen molar-refractivity contribution in [3.8, 4) is 0 Å². The van der Waals surface area contributed by atoms with Crippen molar-refractivity contribution in [3.63, 3.8) is 0 Å². The predicted molar refractivity (Wildman–Crippen MR) is 117 cm³/mol. The molecule has 0 spiro atoms. The van der Waals surface area contributed by atoms with Crippen LogP contribution in [0.3, 0.4) is 0 Å². The average molecular weight is 466 g/mol. The molecule has 2 amide bonds. The summed E-state index contributed by atoms with van der Waals surface area (Å²) in [6.07, 6.45) is 1.81. The fourth-order valence-corrected chi connectivity index (χ4v) is 4.23. The first kappa shape index (κ1) is 23.2. The maximum atomic E-state index is 12.9. The summed E-state index contributed by atoms with van der Waals surface area (Å²) in [5, 5.41) is 3.24. The van der Waals surface area contributed by atoms with Crippen LogP contribution in [-0.4, -0.2) is 52.6 Å². The molecule has 1 aliphatic heterocycles. The quantitative estimate of drug-likeness (QED) is 0.589. The normalized spacial score (nSPS) is 16.1. The molecule has 2 aromatic rings. The maximum absolute atomic E-state index is 12.9. The summed E-state index contributed by atoms with van der Waals surface area (Å²) in [5.41, 5.74) is 0.431. The molecule has 1 fully saturated rings. The third-order valence-corrected chi connectivity index (χ3v) is 6.43. The monoisotopic (exact) mass is 465 g/mol. The molecule has 8 nitrogen and oxygen atoms in total. The Kier molecular flexibility index (Phi) is 8.03. The van der Waals surface area contributed by atoms with E-state index in [2.05, 4.69) is 10.0 Å². The lowest BCUT2D eigenvalue weighted by Crippen LogP contribution is -2.46. The number of nitrogens with zero attached hydrogens (tertiary/aromatic N) is 1. The lowest BCUT2D eigenvalue weighted by atomic mass is 10.2. The topological polar surface area (TPSA) is 105 Å². The van der Waals surface area contributed by atoms with Crippen molar-refractivity contribution in [2.24, 2.45) is 0 Å². The summed E-state index contributed by atoms with van der Waals surface area (Å²) in [5.74, 6) is -0.946. The van der Waals surface area contributed by atoms with Crippen LogP contribution in [0.2, 0.25) is 5.02 Å². The van der Waals surface area contributed by atoms with E-state index in [4.69, 9.17) is 16.3 Å². The van der Waals surface area contributed by atoms with Crippen molar-refractivity contribution in [1.82, 2.24) is 10.0 Å². The van der Waals surface area contributed by atoms with Gasteiger partial charge in [0.25, 0.3) is 0 Å². The fourth-order valence-electron chi connectivity index (χ4n) is 3.11. The molecule has 0 aliphatic carbocycles. The Morgan fingerprint density at radius 2 is 1.81 bits per heavy atom. The number of rotatable bonds is 9. The maximum Gasteiger partial charge on any atom is 0.242 e. The van der Waals surface area contributed by atoms with E-state index in [0.29, 0.717) is 23.9 Å². The first-order valence-electron chi connectivity index (χ1n) is 9.84. The lowest BCUT2D eigenvalue weighted by Gasteiger charge is -2.23. The van der Waals surface area contributed by atoms with Gasteiger partial charge in [-0.05, 0) is 49.2 Å². The third kappa shape index (κ3) is 6.76. The molecule has 2 aromatic carbocycles. The highest BCUT2D eigenvalue weighted by Gasteiger charge is 2.23. The molecule has 1 aliphatic rings. The predicted octanol–water partition coefficient (Wildman–Crippen LogP) is 1.95. The molecule has 0 bridgehead atoms. The number of hydrogen-bond donors (Lipinski definition) is 2. The van der Waals surface area contributed by atoms with Crippen molar-refractivity contribution >= 4 is 39.1 Å². The summed E-state index contributed by atoms with van der Waals surface area (Å²) in [6.45, 7) is 0.277. The molecule has 1 saturated heterocycles. The number of benzene rings is 2. The van der Waals surface area contributed by atoms with Crippen LogP contribution in [0.1, 0.15) is 12.8 Å². The molecule has 166 valence electrons. The Balaban J connectivity index is 1.67. The Morgan fingerprint density at radius 3 is 2.45 bits per heavy atom.